The summed E-state index contributed by atoms with van der Waals surface area (Å²) in [6, 6.07) is 9.36. The number of aromatic carboxylic acids is 1. The van der Waals surface area contributed by atoms with E-state index >= 15 is 0 Å². The third kappa shape index (κ3) is 2.48. The minimum absolute atomic E-state index is 0.0321. The molecule has 2 aromatic heterocycles. The van der Waals surface area contributed by atoms with Crippen LogP contribution in [0.5, 0.6) is 0 Å². The molecule has 0 aliphatic rings. The van der Waals surface area contributed by atoms with E-state index < -0.39 is 5.97 Å². The highest BCUT2D eigenvalue weighted by Gasteiger charge is 2.16. The maximum atomic E-state index is 11.2. The minimum Gasteiger partial charge on any atom is -0.476 e. The molecule has 0 aliphatic heterocycles. The molecule has 0 saturated carbocycles. The van der Waals surface area contributed by atoms with Crippen LogP contribution in [0.4, 0.5) is 0 Å². The third-order valence-electron chi connectivity index (χ3n) is 3.22. The van der Waals surface area contributed by atoms with Crippen LogP contribution in [-0.4, -0.2) is 37.6 Å². The molecule has 106 valence electrons. The first-order valence-electron chi connectivity index (χ1n) is 6.47. The smallest absolute Gasteiger partial charge is 0.356 e. The van der Waals surface area contributed by atoms with E-state index in [1.54, 1.807) is 12.4 Å². The average molecular weight is 283 g/mol. The lowest BCUT2D eigenvalue weighted by atomic mass is 10.2. The molecule has 0 radical (unpaired) electrons. The molecule has 0 amide bonds. The van der Waals surface area contributed by atoms with Gasteiger partial charge < -0.3 is 10.2 Å². The number of carboxylic acid groups (broad SMARTS) is 1. The van der Waals surface area contributed by atoms with Crippen molar-refractivity contribution in [2.24, 2.45) is 0 Å². The van der Waals surface area contributed by atoms with Crippen LogP contribution in [0.15, 0.2) is 42.7 Å². The number of hydrogen-bond acceptors (Lipinski definition) is 4. The maximum absolute atomic E-state index is 11.2. The van der Waals surface area contributed by atoms with Gasteiger partial charge in [-0.15, -0.1) is 0 Å². The van der Waals surface area contributed by atoms with E-state index in [-0.39, 0.29) is 18.7 Å². The molecule has 0 fully saturated rings. The number of aliphatic hydroxyl groups excluding tert-OH is 1. The zero-order valence-electron chi connectivity index (χ0n) is 11.1. The number of nitrogens with zero attached hydrogens (tertiary/aromatic N) is 3. The second-order valence-electron chi connectivity index (χ2n) is 4.61. The number of hydrogen-bond donors (Lipinski definition) is 2. The van der Waals surface area contributed by atoms with Crippen LogP contribution in [0.2, 0.25) is 0 Å². The van der Waals surface area contributed by atoms with Gasteiger partial charge in [0.05, 0.1) is 11.2 Å². The molecule has 0 aliphatic carbocycles. The van der Waals surface area contributed by atoms with Crippen LogP contribution in [0.3, 0.4) is 0 Å². The largest absolute Gasteiger partial charge is 0.476 e. The number of benzene rings is 1. The Morgan fingerprint density at radius 3 is 2.90 bits per heavy atom. The lowest BCUT2D eigenvalue weighted by Gasteiger charge is -2.03. The molecule has 3 aromatic rings. The lowest BCUT2D eigenvalue weighted by molar-refractivity contribution is 0.0688. The number of fused-ring (bicyclic) bond motifs is 1. The summed E-state index contributed by atoms with van der Waals surface area (Å²) in [4.78, 5) is 15.4. The number of rotatable bonds is 4. The van der Waals surface area contributed by atoms with E-state index in [0.717, 1.165) is 16.6 Å². The van der Waals surface area contributed by atoms with Crippen molar-refractivity contribution >= 4 is 16.9 Å². The quantitative estimate of drug-likeness (QED) is 0.760. The summed E-state index contributed by atoms with van der Waals surface area (Å²) < 4.78 is 1.51. The summed E-state index contributed by atoms with van der Waals surface area (Å²) in [7, 11) is 0. The van der Waals surface area contributed by atoms with Gasteiger partial charge >= 0.3 is 5.97 Å². The van der Waals surface area contributed by atoms with Gasteiger partial charge in [-0.05, 0) is 30.7 Å². The SMILES string of the molecule is O=C(O)c1nn(-c2ccc3ncccc3c2)cc1CCO. The molecule has 0 unspecified atom stereocenters. The number of aliphatic hydroxyl groups is 1. The van der Waals surface area contributed by atoms with Crippen LogP contribution < -0.4 is 0 Å². The van der Waals surface area contributed by atoms with Gasteiger partial charge in [-0.3, -0.25) is 4.98 Å². The maximum Gasteiger partial charge on any atom is 0.356 e. The van der Waals surface area contributed by atoms with Crippen LogP contribution in [-0.2, 0) is 6.42 Å². The van der Waals surface area contributed by atoms with E-state index in [4.69, 9.17) is 10.2 Å². The van der Waals surface area contributed by atoms with Gasteiger partial charge in [-0.1, -0.05) is 6.07 Å². The van der Waals surface area contributed by atoms with Gasteiger partial charge in [0.25, 0.3) is 0 Å². The van der Waals surface area contributed by atoms with Crippen LogP contribution in [0, 0.1) is 0 Å². The monoisotopic (exact) mass is 283 g/mol. The fourth-order valence-corrected chi connectivity index (χ4v) is 2.23. The van der Waals surface area contributed by atoms with Gasteiger partial charge in [-0.2, -0.15) is 5.10 Å². The zero-order chi connectivity index (χ0) is 14.8. The van der Waals surface area contributed by atoms with Gasteiger partial charge in [0.15, 0.2) is 5.69 Å². The second-order valence-corrected chi connectivity index (χ2v) is 4.61. The Balaban J connectivity index is 2.09. The van der Waals surface area contributed by atoms with Crippen molar-refractivity contribution in [1.82, 2.24) is 14.8 Å². The van der Waals surface area contributed by atoms with Gasteiger partial charge in [0, 0.05) is 30.0 Å². The zero-order valence-corrected chi connectivity index (χ0v) is 11.1. The van der Waals surface area contributed by atoms with Crippen LogP contribution >= 0.6 is 0 Å². The topological polar surface area (TPSA) is 88.2 Å². The van der Waals surface area contributed by atoms with Gasteiger partial charge in [-0.25, -0.2) is 9.48 Å². The molecule has 2 N–H and O–H groups in total. The summed E-state index contributed by atoms with van der Waals surface area (Å²) in [6.07, 6.45) is 3.62. The van der Waals surface area contributed by atoms with E-state index in [9.17, 15) is 4.79 Å². The lowest BCUT2D eigenvalue weighted by Crippen LogP contribution is -2.03. The number of carboxylic acids is 1. The highest BCUT2D eigenvalue weighted by Crippen LogP contribution is 2.18. The molecule has 3 rings (SSSR count). The molecular formula is C15H13N3O3. The molecule has 6 nitrogen and oxygen atoms in total. The fraction of sp³-hybridized carbons (Fsp3) is 0.133. The standard InChI is InChI=1S/C15H13N3O3/c19-7-5-11-9-18(17-14(11)15(20)21)12-3-4-13-10(8-12)2-1-6-16-13/h1-4,6,8-9,19H,5,7H2,(H,20,21). The number of pyridine rings is 1. The van der Waals surface area contributed by atoms with Crippen molar-refractivity contribution in [2.45, 2.75) is 6.42 Å². The Bertz CT molecular complexity index is 811. The molecule has 1 aromatic carbocycles. The van der Waals surface area contributed by atoms with Crippen molar-refractivity contribution in [3.8, 4) is 5.69 Å². The molecule has 0 atom stereocenters. The molecule has 21 heavy (non-hydrogen) atoms. The Labute approximate surface area is 120 Å². The Morgan fingerprint density at radius 1 is 1.29 bits per heavy atom. The van der Waals surface area contributed by atoms with Gasteiger partial charge in [0.2, 0.25) is 0 Å². The molecule has 0 spiro atoms. The normalized spacial score (nSPS) is 10.9. The van der Waals surface area contributed by atoms with E-state index in [2.05, 4.69) is 10.1 Å². The number of aromatic nitrogens is 3. The highest BCUT2D eigenvalue weighted by atomic mass is 16.4. The summed E-state index contributed by atoms with van der Waals surface area (Å²) >= 11 is 0. The van der Waals surface area contributed by atoms with Crippen molar-refractivity contribution < 1.29 is 15.0 Å². The van der Waals surface area contributed by atoms with Crippen molar-refractivity contribution in [3.63, 3.8) is 0 Å². The fourth-order valence-electron chi connectivity index (χ4n) is 2.23. The Morgan fingerprint density at radius 2 is 2.14 bits per heavy atom. The van der Waals surface area contributed by atoms with E-state index in [0.29, 0.717) is 5.56 Å². The summed E-state index contributed by atoms with van der Waals surface area (Å²) in [5.41, 5.74) is 2.09. The first-order chi connectivity index (χ1) is 10.2. The Hall–Kier alpha value is -2.73. The second kappa shape index (κ2) is 5.34. The highest BCUT2D eigenvalue weighted by molar-refractivity contribution is 5.87. The first-order valence-corrected chi connectivity index (χ1v) is 6.47. The van der Waals surface area contributed by atoms with Crippen molar-refractivity contribution in [2.75, 3.05) is 6.61 Å². The van der Waals surface area contributed by atoms with E-state index in [1.165, 1.54) is 4.68 Å². The summed E-state index contributed by atoms with van der Waals surface area (Å²) in [5.74, 6) is -1.10. The predicted octanol–water partition coefficient (Wildman–Crippen LogP) is 1.65. The Kier molecular flexibility index (Phi) is 3.37. The predicted molar refractivity (Wildman–Crippen MR) is 76.6 cm³/mol. The molecule has 6 heteroatoms. The third-order valence-corrected chi connectivity index (χ3v) is 3.22. The van der Waals surface area contributed by atoms with Crippen LogP contribution in [0.1, 0.15) is 16.1 Å². The molecule has 0 saturated heterocycles. The summed E-state index contributed by atoms with van der Waals surface area (Å²) in [6.45, 7) is -0.117. The van der Waals surface area contributed by atoms with Crippen molar-refractivity contribution in [3.05, 3.63) is 54.0 Å². The molecular weight excluding hydrogens is 270 g/mol. The van der Waals surface area contributed by atoms with Crippen LogP contribution in [0.25, 0.3) is 16.6 Å². The van der Waals surface area contributed by atoms with E-state index in [1.807, 2.05) is 30.3 Å². The first kappa shape index (κ1) is 13.3. The molecule has 2 heterocycles. The number of carbonyl (C=O) groups is 1. The average Bonchev–Trinajstić information content (AvgIpc) is 2.91. The van der Waals surface area contributed by atoms with Gasteiger partial charge in [0.1, 0.15) is 0 Å². The van der Waals surface area contributed by atoms with Crippen molar-refractivity contribution in [1.29, 1.82) is 0 Å². The minimum atomic E-state index is -1.10. The molecule has 0 bridgehead atoms. The summed E-state index contributed by atoms with van der Waals surface area (Å²) in [5, 5.41) is 23.2.